The SMILES string of the molecule is CCCC(CO)NC1=N[C@@H](N)N(Cc2ccc(CC(=O)OCCCCN(C)C)cc2)C(C)=C1. The number of aliphatic hydroxyl groups excluding tert-OH is 1. The van der Waals surface area contributed by atoms with E-state index in [2.05, 4.69) is 22.1 Å². The van der Waals surface area contributed by atoms with Crippen LogP contribution in [0.25, 0.3) is 0 Å². The molecule has 1 aromatic rings. The number of aliphatic imine (C=N–C) groups is 1. The average molecular weight is 460 g/mol. The van der Waals surface area contributed by atoms with Crippen molar-refractivity contribution < 1.29 is 14.6 Å². The first-order valence-electron chi connectivity index (χ1n) is 11.9. The fourth-order valence-corrected chi connectivity index (χ4v) is 3.70. The summed E-state index contributed by atoms with van der Waals surface area (Å²) in [6, 6.07) is 7.93. The molecule has 0 saturated heterocycles. The zero-order valence-corrected chi connectivity index (χ0v) is 20.6. The molecule has 0 aromatic heterocycles. The normalized spacial score (nSPS) is 16.9. The summed E-state index contributed by atoms with van der Waals surface area (Å²) < 4.78 is 5.34. The van der Waals surface area contributed by atoms with Crippen LogP contribution in [0, 0.1) is 0 Å². The number of nitrogens with two attached hydrogens (primary N) is 1. The number of rotatable bonds is 13. The Morgan fingerprint density at radius 1 is 1.27 bits per heavy atom. The molecule has 2 atom stereocenters. The van der Waals surface area contributed by atoms with Gasteiger partial charge in [-0.25, -0.2) is 4.99 Å². The second-order valence-electron chi connectivity index (χ2n) is 8.88. The van der Waals surface area contributed by atoms with Gasteiger partial charge in [0, 0.05) is 12.2 Å². The molecule has 0 saturated carbocycles. The third kappa shape index (κ3) is 9.53. The Balaban J connectivity index is 1.83. The van der Waals surface area contributed by atoms with E-state index in [0.29, 0.717) is 19.0 Å². The van der Waals surface area contributed by atoms with Gasteiger partial charge in [-0.2, -0.15) is 0 Å². The molecule has 184 valence electrons. The van der Waals surface area contributed by atoms with Crippen LogP contribution in [0.1, 0.15) is 50.7 Å². The van der Waals surface area contributed by atoms with Gasteiger partial charge in [-0.1, -0.05) is 37.6 Å². The van der Waals surface area contributed by atoms with Gasteiger partial charge >= 0.3 is 5.97 Å². The molecule has 1 aliphatic heterocycles. The van der Waals surface area contributed by atoms with Gasteiger partial charge in [0.05, 0.1) is 25.7 Å². The van der Waals surface area contributed by atoms with Crippen molar-refractivity contribution >= 4 is 11.8 Å². The highest BCUT2D eigenvalue weighted by atomic mass is 16.5. The van der Waals surface area contributed by atoms with Crippen LogP contribution in [0.2, 0.25) is 0 Å². The zero-order valence-electron chi connectivity index (χ0n) is 20.6. The van der Waals surface area contributed by atoms with Gasteiger partial charge < -0.3 is 25.0 Å². The molecule has 0 amide bonds. The molecule has 0 radical (unpaired) electrons. The molecule has 4 N–H and O–H groups in total. The lowest BCUT2D eigenvalue weighted by molar-refractivity contribution is -0.142. The molecule has 1 heterocycles. The summed E-state index contributed by atoms with van der Waals surface area (Å²) in [5.74, 6) is 0.516. The fourth-order valence-electron chi connectivity index (χ4n) is 3.70. The minimum atomic E-state index is -0.499. The van der Waals surface area contributed by atoms with E-state index in [1.54, 1.807) is 0 Å². The minimum absolute atomic E-state index is 0.0196. The van der Waals surface area contributed by atoms with Crippen LogP contribution in [-0.2, 0) is 22.5 Å². The lowest BCUT2D eigenvalue weighted by Gasteiger charge is -2.33. The summed E-state index contributed by atoms with van der Waals surface area (Å²) in [5, 5.41) is 12.8. The van der Waals surface area contributed by atoms with E-state index in [1.807, 2.05) is 56.3 Å². The number of hydrogen-bond acceptors (Lipinski definition) is 8. The molecule has 0 fully saturated rings. The molecule has 1 aliphatic rings. The Morgan fingerprint density at radius 3 is 2.58 bits per heavy atom. The van der Waals surface area contributed by atoms with Gasteiger partial charge in [0.1, 0.15) is 5.84 Å². The number of allylic oxidation sites excluding steroid dienone is 1. The van der Waals surface area contributed by atoms with E-state index in [-0.39, 0.29) is 25.0 Å². The molecule has 0 aliphatic carbocycles. The highest BCUT2D eigenvalue weighted by Gasteiger charge is 2.21. The van der Waals surface area contributed by atoms with Gasteiger partial charge in [0.2, 0.25) is 0 Å². The highest BCUT2D eigenvalue weighted by molar-refractivity contribution is 5.94. The zero-order chi connectivity index (χ0) is 24.2. The van der Waals surface area contributed by atoms with Crippen LogP contribution in [0.4, 0.5) is 0 Å². The van der Waals surface area contributed by atoms with Gasteiger partial charge in [-0.15, -0.1) is 0 Å². The Bertz CT molecular complexity index is 792. The van der Waals surface area contributed by atoms with E-state index in [4.69, 9.17) is 10.5 Å². The Morgan fingerprint density at radius 2 is 1.97 bits per heavy atom. The van der Waals surface area contributed by atoms with Crippen molar-refractivity contribution in [2.45, 2.75) is 64.8 Å². The van der Waals surface area contributed by atoms with E-state index in [9.17, 15) is 9.90 Å². The lowest BCUT2D eigenvalue weighted by Crippen LogP contribution is -2.46. The second kappa shape index (κ2) is 14.0. The van der Waals surface area contributed by atoms with Gasteiger partial charge in [-0.3, -0.25) is 10.5 Å². The summed E-state index contributed by atoms with van der Waals surface area (Å²) in [6.07, 6.45) is 5.49. The number of carbonyl (C=O) groups is 1. The van der Waals surface area contributed by atoms with Crippen molar-refractivity contribution in [2.75, 3.05) is 33.9 Å². The standard InChI is InChI=1S/C25H41N5O3/c1-5-8-22(18-31)27-23-15-19(2)30(25(26)28-23)17-21-11-9-20(10-12-21)16-24(32)33-14-7-6-13-29(3)4/h9-12,15,22,25,31H,5-8,13-14,16-18,26H2,1-4H3,(H,27,28)/t22?,25-/m1/s1. The summed E-state index contributed by atoms with van der Waals surface area (Å²) in [6.45, 7) is 6.25. The molecule has 1 unspecified atom stereocenters. The third-order valence-corrected chi connectivity index (χ3v) is 5.59. The number of ether oxygens (including phenoxy) is 1. The number of aliphatic hydroxyl groups is 1. The summed E-state index contributed by atoms with van der Waals surface area (Å²) in [5.41, 5.74) is 9.34. The molecule has 0 spiro atoms. The number of amidine groups is 1. The fraction of sp³-hybridized carbons (Fsp3) is 0.600. The molecular formula is C25H41N5O3. The first-order valence-corrected chi connectivity index (χ1v) is 11.9. The summed E-state index contributed by atoms with van der Waals surface area (Å²) in [4.78, 5) is 20.8. The predicted molar refractivity (Wildman–Crippen MR) is 133 cm³/mol. The smallest absolute Gasteiger partial charge is 0.310 e. The van der Waals surface area contributed by atoms with Gasteiger partial charge in [-0.05, 0) is 64.0 Å². The monoisotopic (exact) mass is 459 g/mol. The van der Waals surface area contributed by atoms with Crippen molar-refractivity contribution in [3.05, 3.63) is 47.2 Å². The van der Waals surface area contributed by atoms with Crippen molar-refractivity contribution in [3.8, 4) is 0 Å². The van der Waals surface area contributed by atoms with Crippen molar-refractivity contribution in [2.24, 2.45) is 10.7 Å². The lowest BCUT2D eigenvalue weighted by atomic mass is 10.1. The highest BCUT2D eigenvalue weighted by Crippen LogP contribution is 2.18. The first kappa shape index (κ1) is 26.8. The van der Waals surface area contributed by atoms with E-state index in [0.717, 1.165) is 49.1 Å². The quantitative estimate of drug-likeness (QED) is 0.307. The van der Waals surface area contributed by atoms with Crippen LogP contribution >= 0.6 is 0 Å². The van der Waals surface area contributed by atoms with Crippen LogP contribution in [0.3, 0.4) is 0 Å². The number of benzene rings is 1. The summed E-state index contributed by atoms with van der Waals surface area (Å²) >= 11 is 0. The second-order valence-corrected chi connectivity index (χ2v) is 8.88. The third-order valence-electron chi connectivity index (χ3n) is 5.59. The van der Waals surface area contributed by atoms with Crippen molar-refractivity contribution in [1.29, 1.82) is 0 Å². The number of carbonyl (C=O) groups excluding carboxylic acids is 1. The van der Waals surface area contributed by atoms with Crippen molar-refractivity contribution in [1.82, 2.24) is 15.1 Å². The van der Waals surface area contributed by atoms with Crippen molar-refractivity contribution in [3.63, 3.8) is 0 Å². The molecule has 1 aromatic carbocycles. The maximum Gasteiger partial charge on any atom is 0.310 e. The Kier molecular flexibility index (Phi) is 11.4. The van der Waals surface area contributed by atoms with Crippen LogP contribution in [-0.4, -0.2) is 72.9 Å². The maximum absolute atomic E-state index is 12.1. The van der Waals surface area contributed by atoms with E-state index >= 15 is 0 Å². The molecule has 8 heteroatoms. The largest absolute Gasteiger partial charge is 0.465 e. The number of esters is 1. The number of nitrogens with zero attached hydrogens (tertiary/aromatic N) is 3. The predicted octanol–water partition coefficient (Wildman–Crippen LogP) is 2.22. The van der Waals surface area contributed by atoms with Gasteiger partial charge in [0.25, 0.3) is 0 Å². The number of hydrogen-bond donors (Lipinski definition) is 3. The van der Waals surface area contributed by atoms with Crippen LogP contribution < -0.4 is 11.1 Å². The number of unbranched alkanes of at least 4 members (excludes halogenated alkanes) is 1. The number of nitrogens with one attached hydrogen (secondary N) is 1. The maximum atomic E-state index is 12.1. The molecule has 2 rings (SSSR count). The molecular weight excluding hydrogens is 418 g/mol. The Labute approximate surface area is 198 Å². The molecule has 33 heavy (non-hydrogen) atoms. The van der Waals surface area contributed by atoms with Gasteiger partial charge in [0.15, 0.2) is 6.29 Å². The molecule has 8 nitrogen and oxygen atoms in total. The Hall–Kier alpha value is -2.42. The minimum Gasteiger partial charge on any atom is -0.465 e. The van der Waals surface area contributed by atoms with Crippen LogP contribution in [0.15, 0.2) is 41.0 Å². The van der Waals surface area contributed by atoms with E-state index < -0.39 is 6.29 Å². The van der Waals surface area contributed by atoms with E-state index in [1.165, 1.54) is 0 Å². The topological polar surface area (TPSA) is 103 Å². The van der Waals surface area contributed by atoms with Crippen LogP contribution in [0.5, 0.6) is 0 Å². The summed E-state index contributed by atoms with van der Waals surface area (Å²) in [7, 11) is 4.07. The molecule has 0 bridgehead atoms. The first-order chi connectivity index (χ1) is 15.8. The average Bonchev–Trinajstić information content (AvgIpc) is 2.76.